The molecule has 5 N–H and O–H groups in total. The van der Waals surface area contributed by atoms with E-state index in [4.69, 9.17) is 28.9 Å². The quantitative estimate of drug-likeness (QED) is 0.164. The van der Waals surface area contributed by atoms with Gasteiger partial charge in [-0.3, -0.25) is 9.59 Å². The second-order valence-corrected chi connectivity index (χ2v) is 15.4. The fraction of sp³-hybridized carbons (Fsp3) is 0.0968. The largest absolute Gasteiger partial charge is 0.508 e. The van der Waals surface area contributed by atoms with Gasteiger partial charge in [0.1, 0.15) is 11.5 Å². The minimum Gasteiger partial charge on any atom is -0.508 e. The molecule has 13 heteroatoms. The summed E-state index contributed by atoms with van der Waals surface area (Å²) in [5, 5.41) is 30.5. The molecule has 1 atom stereocenters. The fourth-order valence-electron chi connectivity index (χ4n) is 4.73. The summed E-state index contributed by atoms with van der Waals surface area (Å²) in [5.41, 5.74) is 5.58. The first-order valence-corrected chi connectivity index (χ1v) is 17.3. The average Bonchev–Trinajstić information content (AvgIpc) is 2.94. The molecule has 1 unspecified atom stereocenters. The standard InChI is InChI=1S/C31H26Cl2NO8PS/c1-44(41,42)24-10-2-5-18(13-24)14-25(31(38)39)27-19(15-26(32)28(29(27)33)30(34)37)11-12-43(40,22-8-3-6-20(35)16-22)23-9-4-7-21(36)17-23/h2-13,15-17,25,35-36H,14H2,1H3,(H2,34,37)(H,38,39)/b12-11+. The van der Waals surface area contributed by atoms with Gasteiger partial charge in [0, 0.05) is 16.9 Å². The first kappa shape index (κ1) is 32.8. The lowest BCUT2D eigenvalue weighted by Crippen LogP contribution is -2.20. The van der Waals surface area contributed by atoms with Crippen LogP contribution < -0.4 is 16.3 Å². The number of sulfone groups is 1. The van der Waals surface area contributed by atoms with Crippen LogP contribution in [-0.4, -0.2) is 41.9 Å². The first-order chi connectivity index (χ1) is 20.6. The van der Waals surface area contributed by atoms with Crippen molar-refractivity contribution in [3.8, 4) is 11.5 Å². The topological polar surface area (TPSA) is 172 Å². The van der Waals surface area contributed by atoms with Gasteiger partial charge in [-0.25, -0.2) is 8.42 Å². The molecule has 0 bridgehead atoms. The van der Waals surface area contributed by atoms with Crippen LogP contribution in [0.3, 0.4) is 0 Å². The second-order valence-electron chi connectivity index (χ2n) is 9.94. The number of phenolic OH excluding ortho intramolecular Hbond substituents is 2. The molecule has 44 heavy (non-hydrogen) atoms. The normalized spacial score (nSPS) is 12.7. The number of carbonyl (C=O) groups excluding carboxylic acids is 1. The Morgan fingerprint density at radius 3 is 2.00 bits per heavy atom. The van der Waals surface area contributed by atoms with Gasteiger partial charge in [-0.1, -0.05) is 65.7 Å². The van der Waals surface area contributed by atoms with Gasteiger partial charge in [0.2, 0.25) is 0 Å². The molecule has 4 aromatic rings. The van der Waals surface area contributed by atoms with Crippen LogP contribution in [0.15, 0.2) is 89.6 Å². The smallest absolute Gasteiger partial charge is 0.311 e. The number of hydrogen-bond donors (Lipinski definition) is 4. The molecule has 4 aromatic carbocycles. The molecule has 0 heterocycles. The van der Waals surface area contributed by atoms with E-state index >= 15 is 0 Å². The Morgan fingerprint density at radius 2 is 1.50 bits per heavy atom. The summed E-state index contributed by atoms with van der Waals surface area (Å²) < 4.78 is 38.9. The van der Waals surface area contributed by atoms with Gasteiger partial charge in [-0.05, 0) is 71.4 Å². The number of nitrogens with two attached hydrogens (primary N) is 1. The van der Waals surface area contributed by atoms with Gasteiger partial charge >= 0.3 is 5.97 Å². The van der Waals surface area contributed by atoms with E-state index in [-0.39, 0.29) is 60.2 Å². The molecular formula is C31H26Cl2NO8PS. The van der Waals surface area contributed by atoms with E-state index in [9.17, 15) is 37.9 Å². The lowest BCUT2D eigenvalue weighted by molar-refractivity contribution is -0.138. The Bertz CT molecular complexity index is 1930. The highest BCUT2D eigenvalue weighted by Crippen LogP contribution is 2.48. The number of carboxylic acid groups (broad SMARTS) is 1. The van der Waals surface area contributed by atoms with Crippen LogP contribution in [-0.2, 0) is 25.6 Å². The van der Waals surface area contributed by atoms with Gasteiger partial charge in [0.05, 0.1) is 26.4 Å². The molecule has 0 saturated carbocycles. The van der Waals surface area contributed by atoms with Crippen LogP contribution in [0.25, 0.3) is 6.08 Å². The van der Waals surface area contributed by atoms with Crippen LogP contribution in [0.1, 0.15) is 33.0 Å². The number of benzene rings is 4. The molecule has 0 fully saturated rings. The molecule has 0 radical (unpaired) electrons. The van der Waals surface area contributed by atoms with E-state index in [0.29, 0.717) is 5.56 Å². The van der Waals surface area contributed by atoms with Gasteiger partial charge in [0.15, 0.2) is 17.0 Å². The van der Waals surface area contributed by atoms with Crippen molar-refractivity contribution in [3.63, 3.8) is 0 Å². The predicted octanol–water partition coefficient (Wildman–Crippen LogP) is 5.30. The Labute approximate surface area is 263 Å². The third kappa shape index (κ3) is 7.00. The number of aromatic hydroxyl groups is 2. The van der Waals surface area contributed by atoms with Gasteiger partial charge in [-0.15, -0.1) is 0 Å². The van der Waals surface area contributed by atoms with Crippen molar-refractivity contribution >= 4 is 68.7 Å². The lowest BCUT2D eigenvalue weighted by Gasteiger charge is -2.21. The van der Waals surface area contributed by atoms with Crippen molar-refractivity contribution in [3.05, 3.63) is 117 Å². The highest BCUT2D eigenvalue weighted by Gasteiger charge is 2.31. The number of rotatable bonds is 10. The molecular weight excluding hydrogens is 648 g/mol. The van der Waals surface area contributed by atoms with E-state index in [1.54, 1.807) is 6.07 Å². The van der Waals surface area contributed by atoms with Gasteiger partial charge in [-0.2, -0.15) is 0 Å². The molecule has 0 aromatic heterocycles. The van der Waals surface area contributed by atoms with Crippen LogP contribution in [0, 0.1) is 0 Å². The zero-order valence-electron chi connectivity index (χ0n) is 23.0. The Balaban J connectivity index is 1.96. The van der Waals surface area contributed by atoms with E-state index < -0.39 is 34.8 Å². The minimum absolute atomic E-state index is 0.0162. The molecule has 0 spiro atoms. The summed E-state index contributed by atoms with van der Waals surface area (Å²) in [6.07, 6.45) is 2.13. The average molecular weight is 674 g/mol. The van der Waals surface area contributed by atoms with Crippen molar-refractivity contribution in [2.75, 3.05) is 6.26 Å². The molecule has 0 aliphatic rings. The number of carbonyl (C=O) groups is 2. The number of halogens is 2. The maximum Gasteiger partial charge on any atom is 0.311 e. The lowest BCUT2D eigenvalue weighted by atomic mass is 9.87. The third-order valence-corrected chi connectivity index (χ3v) is 11.3. The SMILES string of the molecule is CS(=O)(=O)c1cccc(CC(C(=O)O)c2c(/C=C/P(=O)(c3cccc(O)c3)c3cccc(O)c3)cc(Cl)c(C(N)=O)c2Cl)c1. The summed E-state index contributed by atoms with van der Waals surface area (Å²) >= 11 is 13.0. The van der Waals surface area contributed by atoms with Crippen LogP contribution >= 0.6 is 30.3 Å². The molecule has 0 aliphatic carbocycles. The van der Waals surface area contributed by atoms with Crippen LogP contribution in [0.5, 0.6) is 11.5 Å². The number of primary amides is 1. The monoisotopic (exact) mass is 673 g/mol. The van der Waals surface area contributed by atoms with E-state index in [1.807, 2.05) is 0 Å². The molecule has 9 nitrogen and oxygen atoms in total. The van der Waals surface area contributed by atoms with Crippen molar-refractivity contribution in [2.45, 2.75) is 17.2 Å². The van der Waals surface area contributed by atoms with E-state index in [0.717, 1.165) is 6.26 Å². The summed E-state index contributed by atoms with van der Waals surface area (Å²) in [7, 11) is -7.36. The molecule has 0 saturated heterocycles. The Hall–Kier alpha value is -4.08. The predicted molar refractivity (Wildman–Crippen MR) is 171 cm³/mol. The number of amides is 1. The van der Waals surface area contributed by atoms with Gasteiger partial charge in [0.25, 0.3) is 5.91 Å². The maximum atomic E-state index is 14.7. The Kier molecular flexibility index (Phi) is 9.61. The number of hydrogen-bond acceptors (Lipinski definition) is 7. The fourth-order valence-corrected chi connectivity index (χ4v) is 8.48. The highest BCUT2D eigenvalue weighted by molar-refractivity contribution is 7.90. The minimum atomic E-state index is -3.76. The highest BCUT2D eigenvalue weighted by atomic mass is 35.5. The third-order valence-electron chi connectivity index (χ3n) is 6.84. The first-order valence-electron chi connectivity index (χ1n) is 12.8. The van der Waals surface area contributed by atoms with Crippen LogP contribution in [0.4, 0.5) is 0 Å². The Morgan fingerprint density at radius 1 is 0.932 bits per heavy atom. The molecule has 0 aliphatic heterocycles. The van der Waals surface area contributed by atoms with Crippen molar-refractivity contribution < 1.29 is 37.9 Å². The molecule has 1 amide bonds. The van der Waals surface area contributed by atoms with E-state index in [2.05, 4.69) is 0 Å². The summed E-state index contributed by atoms with van der Waals surface area (Å²) in [6.45, 7) is 0. The summed E-state index contributed by atoms with van der Waals surface area (Å²) in [6, 6.07) is 18.5. The van der Waals surface area contributed by atoms with E-state index in [1.165, 1.54) is 84.7 Å². The molecule has 228 valence electrons. The van der Waals surface area contributed by atoms with Gasteiger partial charge < -0.3 is 25.6 Å². The van der Waals surface area contributed by atoms with Crippen molar-refractivity contribution in [1.82, 2.24) is 0 Å². The summed E-state index contributed by atoms with van der Waals surface area (Å²) in [4.78, 5) is 25.0. The maximum absolute atomic E-state index is 14.7. The second kappa shape index (κ2) is 12.9. The van der Waals surface area contributed by atoms with Crippen LogP contribution in [0.2, 0.25) is 10.0 Å². The number of carboxylic acids is 1. The number of phenols is 2. The number of aliphatic carboxylic acids is 1. The van der Waals surface area contributed by atoms with Crippen molar-refractivity contribution in [2.24, 2.45) is 5.73 Å². The summed E-state index contributed by atoms with van der Waals surface area (Å²) in [5.74, 6) is -2.81. The zero-order valence-corrected chi connectivity index (χ0v) is 26.2. The molecule has 4 rings (SSSR count). The zero-order chi connectivity index (χ0) is 32.4. The van der Waals surface area contributed by atoms with Crippen molar-refractivity contribution in [1.29, 1.82) is 0 Å².